The number of benzene rings is 1. The molecule has 0 spiro atoms. The number of rotatable bonds is 5. The van der Waals surface area contributed by atoms with Gasteiger partial charge in [-0.25, -0.2) is 4.79 Å². The zero-order valence-electron chi connectivity index (χ0n) is 13.2. The van der Waals surface area contributed by atoms with E-state index in [1.807, 2.05) is 0 Å². The number of nitrogens with zero attached hydrogens (tertiary/aromatic N) is 2. The Labute approximate surface area is 134 Å². The predicted octanol–water partition coefficient (Wildman–Crippen LogP) is 1.96. The van der Waals surface area contributed by atoms with Crippen LogP contribution >= 0.6 is 0 Å². The molecule has 0 bridgehead atoms. The Morgan fingerprint density at radius 3 is 2.48 bits per heavy atom. The Balaban J connectivity index is 2.14. The van der Waals surface area contributed by atoms with E-state index >= 15 is 0 Å². The molecule has 7 heteroatoms. The maximum absolute atomic E-state index is 12.2. The molecule has 0 saturated heterocycles. The van der Waals surface area contributed by atoms with Gasteiger partial charge in [-0.15, -0.1) is 0 Å². The highest BCUT2D eigenvalue weighted by atomic mass is 16.6. The molecule has 1 aromatic carbocycles. The van der Waals surface area contributed by atoms with Crippen LogP contribution < -0.4 is 5.32 Å². The van der Waals surface area contributed by atoms with Crippen LogP contribution in [0.15, 0.2) is 29.4 Å². The van der Waals surface area contributed by atoms with Crippen molar-refractivity contribution in [1.29, 1.82) is 0 Å². The summed E-state index contributed by atoms with van der Waals surface area (Å²) in [6.07, 6.45) is 0.438. The average molecular weight is 317 g/mol. The molecule has 1 N–H and O–H groups in total. The van der Waals surface area contributed by atoms with Crippen LogP contribution in [0.4, 0.5) is 5.69 Å². The van der Waals surface area contributed by atoms with Gasteiger partial charge in [-0.05, 0) is 26.0 Å². The average Bonchev–Trinajstić information content (AvgIpc) is 2.50. The third-order valence-electron chi connectivity index (χ3n) is 3.59. The predicted molar refractivity (Wildman–Crippen MR) is 85.3 cm³/mol. The number of nitrogens with one attached hydrogen (secondary N) is 1. The van der Waals surface area contributed by atoms with Gasteiger partial charge in [-0.2, -0.15) is 4.76 Å². The van der Waals surface area contributed by atoms with Gasteiger partial charge in [0.15, 0.2) is 0 Å². The van der Waals surface area contributed by atoms with Crippen LogP contribution in [-0.2, 0) is 14.4 Å². The van der Waals surface area contributed by atoms with Gasteiger partial charge in [-0.1, -0.05) is 17.2 Å². The Hall–Kier alpha value is -2.38. The first-order valence-corrected chi connectivity index (χ1v) is 7.45. The van der Waals surface area contributed by atoms with Crippen molar-refractivity contribution in [2.45, 2.75) is 33.1 Å². The molecule has 2 amide bonds. The first kappa shape index (κ1) is 17.0. The van der Waals surface area contributed by atoms with Crippen molar-refractivity contribution in [3.8, 4) is 0 Å². The third-order valence-corrected chi connectivity index (χ3v) is 3.59. The Morgan fingerprint density at radius 1 is 1.26 bits per heavy atom. The summed E-state index contributed by atoms with van der Waals surface area (Å²) in [5, 5.41) is 18.9. The summed E-state index contributed by atoms with van der Waals surface area (Å²) in [7, 11) is 0. The van der Waals surface area contributed by atoms with Crippen molar-refractivity contribution in [3.63, 3.8) is 0 Å². The van der Waals surface area contributed by atoms with E-state index in [4.69, 9.17) is 0 Å². The first-order chi connectivity index (χ1) is 10.8. The van der Waals surface area contributed by atoms with Gasteiger partial charge in [0, 0.05) is 17.7 Å². The van der Waals surface area contributed by atoms with Crippen LogP contribution in [0.25, 0.3) is 0 Å². The number of quaternary nitrogens is 1. The number of ketones is 1. The number of hydrogen-bond donors (Lipinski definition) is 1. The largest absolute Gasteiger partial charge is 0.597 e. The van der Waals surface area contributed by atoms with E-state index in [0.717, 1.165) is 5.56 Å². The van der Waals surface area contributed by atoms with E-state index in [9.17, 15) is 19.6 Å². The minimum Gasteiger partial charge on any atom is -0.597 e. The van der Waals surface area contributed by atoms with Gasteiger partial charge in [0.2, 0.25) is 5.91 Å². The van der Waals surface area contributed by atoms with Crippen LogP contribution in [0, 0.1) is 5.21 Å². The molecule has 1 aliphatic heterocycles. The highest BCUT2D eigenvalue weighted by Gasteiger charge is 2.31. The maximum atomic E-state index is 12.2. The SMILES string of the molecule is CC[N+]1([O-])N=C(c2ccc(NC(=O)CC(C)=O)cc2)CCC1=O. The van der Waals surface area contributed by atoms with Gasteiger partial charge in [0.1, 0.15) is 18.0 Å². The molecule has 7 nitrogen and oxygen atoms in total. The smallest absolute Gasteiger partial charge is 0.340 e. The highest BCUT2D eigenvalue weighted by Crippen LogP contribution is 2.22. The summed E-state index contributed by atoms with van der Waals surface area (Å²) < 4.78 is -1.17. The van der Waals surface area contributed by atoms with E-state index in [1.165, 1.54) is 6.92 Å². The van der Waals surface area contributed by atoms with Crippen LogP contribution in [0.2, 0.25) is 0 Å². The molecule has 122 valence electrons. The lowest BCUT2D eigenvalue weighted by molar-refractivity contribution is -0.810. The standard InChI is InChI=1S/C16H19N3O4/c1-3-19(23)16(22)9-8-14(18-19)12-4-6-13(7-5-12)17-15(21)10-11(2)20/h4-7H,3,8-10H2,1-2H3,(H,17,21). The number of hydrogen-bond acceptors (Lipinski definition) is 5. The molecule has 1 unspecified atom stereocenters. The topological polar surface area (TPSA) is 98.7 Å². The van der Waals surface area contributed by atoms with E-state index in [2.05, 4.69) is 10.4 Å². The summed E-state index contributed by atoms with van der Waals surface area (Å²) in [4.78, 5) is 34.1. The molecule has 1 atom stereocenters. The number of hydroxylamine groups is 2. The van der Waals surface area contributed by atoms with Crippen molar-refractivity contribution < 1.29 is 19.1 Å². The van der Waals surface area contributed by atoms with Gasteiger partial charge in [0.05, 0.1) is 12.8 Å². The molecule has 1 aromatic rings. The van der Waals surface area contributed by atoms with E-state index < -0.39 is 10.7 Å². The van der Waals surface area contributed by atoms with Gasteiger partial charge < -0.3 is 10.5 Å². The highest BCUT2D eigenvalue weighted by molar-refractivity contribution is 6.05. The molecule has 0 aromatic heterocycles. The fraction of sp³-hybridized carbons (Fsp3) is 0.375. The molecule has 2 rings (SSSR count). The lowest BCUT2D eigenvalue weighted by Gasteiger charge is -2.35. The Bertz CT molecular complexity index is 666. The number of amides is 2. The van der Waals surface area contributed by atoms with Gasteiger partial charge >= 0.3 is 5.91 Å². The normalized spacial score (nSPS) is 20.8. The molecule has 0 radical (unpaired) electrons. The monoisotopic (exact) mass is 317 g/mol. The second kappa shape index (κ2) is 6.80. The van der Waals surface area contributed by atoms with Crippen molar-refractivity contribution in [3.05, 3.63) is 35.0 Å². The van der Waals surface area contributed by atoms with E-state index in [1.54, 1.807) is 31.2 Å². The fourth-order valence-corrected chi connectivity index (χ4v) is 2.33. The second-order valence-corrected chi connectivity index (χ2v) is 5.46. The fourth-order valence-electron chi connectivity index (χ4n) is 2.33. The quantitative estimate of drug-likeness (QED) is 0.510. The number of carbonyl (C=O) groups is 3. The van der Waals surface area contributed by atoms with Crippen molar-refractivity contribution >= 4 is 29.0 Å². The Kier molecular flexibility index (Phi) is 5.02. The molecule has 23 heavy (non-hydrogen) atoms. The van der Waals surface area contributed by atoms with Crippen molar-refractivity contribution in [2.24, 2.45) is 5.10 Å². The summed E-state index contributed by atoms with van der Waals surface area (Å²) in [6, 6.07) is 6.82. The van der Waals surface area contributed by atoms with Gasteiger partial charge in [0.25, 0.3) is 0 Å². The molecule has 0 saturated carbocycles. The zero-order chi connectivity index (χ0) is 17.0. The number of anilines is 1. The van der Waals surface area contributed by atoms with Crippen molar-refractivity contribution in [2.75, 3.05) is 11.9 Å². The van der Waals surface area contributed by atoms with E-state index in [-0.39, 0.29) is 31.1 Å². The van der Waals surface area contributed by atoms with E-state index in [0.29, 0.717) is 17.8 Å². The minimum atomic E-state index is -1.17. The van der Waals surface area contributed by atoms with Crippen LogP contribution in [0.3, 0.4) is 0 Å². The second-order valence-electron chi connectivity index (χ2n) is 5.46. The molecule has 1 aliphatic rings. The number of carbonyl (C=O) groups excluding carboxylic acids is 3. The summed E-state index contributed by atoms with van der Waals surface area (Å²) in [6.45, 7) is 3.05. The summed E-state index contributed by atoms with van der Waals surface area (Å²) >= 11 is 0. The minimum absolute atomic E-state index is 0.0710. The van der Waals surface area contributed by atoms with Gasteiger partial charge in [-0.3, -0.25) is 9.59 Å². The molecule has 0 aliphatic carbocycles. The summed E-state index contributed by atoms with van der Waals surface area (Å²) in [5.41, 5.74) is 1.89. The molecule has 1 heterocycles. The Morgan fingerprint density at radius 2 is 1.91 bits per heavy atom. The lowest BCUT2D eigenvalue weighted by atomic mass is 10.0. The molecule has 0 fully saturated rings. The first-order valence-electron chi connectivity index (χ1n) is 7.45. The van der Waals surface area contributed by atoms with Crippen molar-refractivity contribution in [1.82, 2.24) is 0 Å². The van der Waals surface area contributed by atoms with Crippen LogP contribution in [-0.4, -0.2) is 34.6 Å². The summed E-state index contributed by atoms with van der Waals surface area (Å²) in [5.74, 6) is -0.999. The lowest BCUT2D eigenvalue weighted by Crippen LogP contribution is -2.46. The molecular weight excluding hydrogens is 298 g/mol. The molecular formula is C16H19N3O4. The third kappa shape index (κ3) is 4.08. The van der Waals surface area contributed by atoms with Crippen LogP contribution in [0.1, 0.15) is 38.7 Å². The zero-order valence-corrected chi connectivity index (χ0v) is 13.2. The number of Topliss-reactive ketones (excluding diaryl/α,β-unsaturated/α-hetero) is 1. The van der Waals surface area contributed by atoms with Crippen LogP contribution in [0.5, 0.6) is 0 Å². The maximum Gasteiger partial charge on any atom is 0.340 e.